The zero-order valence-corrected chi connectivity index (χ0v) is 11.5. The first-order valence-electron chi connectivity index (χ1n) is 4.54. The highest BCUT2D eigenvalue weighted by atomic mass is 35.5. The molecule has 0 radical (unpaired) electrons. The summed E-state index contributed by atoms with van der Waals surface area (Å²) < 4.78 is 36.8. The van der Waals surface area contributed by atoms with E-state index in [0.717, 1.165) is 19.1 Å². The maximum atomic E-state index is 13.1. The van der Waals surface area contributed by atoms with Crippen LogP contribution >= 0.6 is 23.2 Å². The summed E-state index contributed by atoms with van der Waals surface area (Å²) >= 11 is 11.0. The summed E-state index contributed by atoms with van der Waals surface area (Å²) in [7, 11) is -4.08. The van der Waals surface area contributed by atoms with Gasteiger partial charge in [-0.05, 0) is 12.1 Å². The monoisotopic (exact) mass is 314 g/mol. The van der Waals surface area contributed by atoms with Crippen molar-refractivity contribution in [3.8, 4) is 0 Å². The number of nitrogens with zero attached hydrogens (tertiary/aromatic N) is 1. The van der Waals surface area contributed by atoms with E-state index in [-0.39, 0.29) is 16.4 Å². The molecule has 0 aliphatic heterocycles. The Bertz CT molecular complexity index is 592. The fraction of sp³-hybridized carbons (Fsp3) is 0.222. The van der Waals surface area contributed by atoms with E-state index in [2.05, 4.69) is 0 Å². The molecule has 1 amide bonds. The summed E-state index contributed by atoms with van der Waals surface area (Å²) in [5.74, 6) is -1.64. The second-order valence-electron chi connectivity index (χ2n) is 3.33. The Kier molecular flexibility index (Phi) is 4.41. The first-order valence-corrected chi connectivity index (χ1v) is 7.07. The quantitative estimate of drug-likeness (QED) is 0.683. The molecule has 0 saturated carbocycles. The third-order valence-corrected chi connectivity index (χ3v) is 4.40. The van der Waals surface area contributed by atoms with Gasteiger partial charge in [0.05, 0.1) is 16.4 Å². The molecule has 0 aliphatic carbocycles. The highest BCUT2D eigenvalue weighted by Gasteiger charge is 2.28. The largest absolute Gasteiger partial charge is 0.396 e. The number of carbonyl (C=O) groups excluding carboxylic acids is 1. The van der Waals surface area contributed by atoms with Gasteiger partial charge in [0.15, 0.2) is 0 Å². The molecule has 0 saturated heterocycles. The van der Waals surface area contributed by atoms with Gasteiger partial charge in [0.1, 0.15) is 11.0 Å². The Morgan fingerprint density at radius 2 is 2.06 bits per heavy atom. The van der Waals surface area contributed by atoms with E-state index in [1.165, 1.54) is 0 Å². The average molecular weight is 315 g/mol. The highest BCUT2D eigenvalue weighted by molar-refractivity contribution is 7.94. The number of carbonyl (C=O) groups is 1. The van der Waals surface area contributed by atoms with Gasteiger partial charge in [-0.2, -0.15) is 0 Å². The van der Waals surface area contributed by atoms with Gasteiger partial charge in [-0.1, -0.05) is 11.6 Å². The Labute approximate surface area is 113 Å². The number of hydrogen-bond donors (Lipinski definition) is 1. The van der Waals surface area contributed by atoms with Crippen LogP contribution in [0.2, 0.25) is 5.02 Å². The molecule has 100 valence electrons. The van der Waals surface area contributed by atoms with E-state index in [1.807, 2.05) is 0 Å². The van der Waals surface area contributed by atoms with Crippen LogP contribution < -0.4 is 10.0 Å². The van der Waals surface area contributed by atoms with Gasteiger partial charge < -0.3 is 5.73 Å². The lowest BCUT2D eigenvalue weighted by atomic mass is 10.2. The molecule has 2 N–H and O–H groups in total. The molecular formula is C9H9Cl2FN2O3S. The van der Waals surface area contributed by atoms with Crippen molar-refractivity contribution in [1.29, 1.82) is 0 Å². The predicted octanol–water partition coefficient (Wildman–Crippen LogP) is 1.94. The Morgan fingerprint density at radius 3 is 2.50 bits per heavy atom. The van der Waals surface area contributed by atoms with E-state index in [1.54, 1.807) is 0 Å². The topological polar surface area (TPSA) is 80.5 Å². The SMILES string of the molecule is CC(=O)N(c1cc(N)c(F)cc1Cl)S(=O)(=O)CCl. The number of nitrogen functional groups attached to an aromatic ring is 1. The Morgan fingerprint density at radius 1 is 1.50 bits per heavy atom. The van der Waals surface area contributed by atoms with Crippen LogP contribution in [0.25, 0.3) is 0 Å². The van der Waals surface area contributed by atoms with Gasteiger partial charge in [-0.25, -0.2) is 17.1 Å². The van der Waals surface area contributed by atoms with Gasteiger partial charge >= 0.3 is 0 Å². The van der Waals surface area contributed by atoms with Crippen LogP contribution in [0, 0.1) is 5.82 Å². The molecule has 0 spiro atoms. The lowest BCUT2D eigenvalue weighted by Gasteiger charge is -2.21. The zero-order chi connectivity index (χ0) is 14.1. The van der Waals surface area contributed by atoms with Crippen molar-refractivity contribution in [2.24, 2.45) is 0 Å². The van der Waals surface area contributed by atoms with Crippen LogP contribution in [0.5, 0.6) is 0 Å². The van der Waals surface area contributed by atoms with Gasteiger partial charge in [0.2, 0.25) is 5.91 Å². The van der Waals surface area contributed by atoms with E-state index in [4.69, 9.17) is 28.9 Å². The minimum Gasteiger partial charge on any atom is -0.396 e. The summed E-state index contributed by atoms with van der Waals surface area (Å²) in [6, 6.07) is 1.79. The second-order valence-corrected chi connectivity index (χ2v) is 6.14. The molecule has 0 aromatic heterocycles. The first-order chi connectivity index (χ1) is 8.20. The van der Waals surface area contributed by atoms with Gasteiger partial charge in [-0.3, -0.25) is 4.79 Å². The number of anilines is 2. The van der Waals surface area contributed by atoms with Crippen molar-refractivity contribution < 1.29 is 17.6 Å². The highest BCUT2D eigenvalue weighted by Crippen LogP contribution is 2.32. The second kappa shape index (κ2) is 5.29. The summed E-state index contributed by atoms with van der Waals surface area (Å²) in [6.07, 6.45) is 0. The maximum absolute atomic E-state index is 13.1. The Balaban J connectivity index is 3.50. The van der Waals surface area contributed by atoms with E-state index < -0.39 is 27.0 Å². The number of nitrogens with two attached hydrogens (primary N) is 1. The summed E-state index contributed by atoms with van der Waals surface area (Å²) in [5.41, 5.74) is 4.75. The molecule has 0 aliphatic rings. The molecule has 1 aromatic rings. The summed E-state index contributed by atoms with van der Waals surface area (Å²) in [5, 5.41) is -1.08. The molecule has 1 rings (SSSR count). The van der Waals surface area contributed by atoms with Crippen LogP contribution in [0.1, 0.15) is 6.92 Å². The molecule has 5 nitrogen and oxygen atoms in total. The number of halogens is 3. The predicted molar refractivity (Wildman–Crippen MR) is 68.6 cm³/mol. The number of rotatable bonds is 3. The van der Waals surface area contributed by atoms with Crippen LogP contribution in [0.15, 0.2) is 12.1 Å². The zero-order valence-electron chi connectivity index (χ0n) is 9.15. The van der Waals surface area contributed by atoms with Crippen molar-refractivity contribution in [1.82, 2.24) is 0 Å². The van der Waals surface area contributed by atoms with Crippen LogP contribution in [0.4, 0.5) is 15.8 Å². The molecule has 0 atom stereocenters. The fourth-order valence-electron chi connectivity index (χ4n) is 1.27. The van der Waals surface area contributed by atoms with Crippen molar-refractivity contribution in [3.63, 3.8) is 0 Å². The lowest BCUT2D eigenvalue weighted by molar-refractivity contribution is -0.115. The minimum absolute atomic E-state index is 0.233. The van der Waals surface area contributed by atoms with Crippen molar-refractivity contribution in [2.45, 2.75) is 6.92 Å². The minimum atomic E-state index is -4.08. The average Bonchev–Trinajstić information content (AvgIpc) is 2.25. The number of alkyl halides is 1. The molecule has 1 aromatic carbocycles. The van der Waals surface area contributed by atoms with Crippen LogP contribution in [-0.4, -0.2) is 19.5 Å². The van der Waals surface area contributed by atoms with Crippen LogP contribution in [0.3, 0.4) is 0 Å². The molecule has 9 heteroatoms. The number of hydrogen-bond acceptors (Lipinski definition) is 4. The molecule has 18 heavy (non-hydrogen) atoms. The summed E-state index contributed by atoms with van der Waals surface area (Å²) in [6.45, 7) is 1.01. The number of benzene rings is 1. The molecule has 0 heterocycles. The van der Waals surface area contributed by atoms with Gasteiger partial charge in [0.25, 0.3) is 10.0 Å². The molecule has 0 fully saturated rings. The lowest BCUT2D eigenvalue weighted by Crippen LogP contribution is -2.36. The first kappa shape index (κ1) is 15.0. The smallest absolute Gasteiger partial charge is 0.255 e. The van der Waals surface area contributed by atoms with E-state index in [0.29, 0.717) is 4.31 Å². The van der Waals surface area contributed by atoms with Gasteiger partial charge in [0, 0.05) is 6.92 Å². The molecule has 0 unspecified atom stereocenters. The number of sulfonamides is 1. The van der Waals surface area contributed by atoms with E-state index >= 15 is 0 Å². The number of amides is 1. The fourth-order valence-corrected chi connectivity index (χ4v) is 2.79. The molecule has 0 bridgehead atoms. The standard InChI is InChI=1S/C9H9Cl2FN2O3S/c1-5(15)14(18(16,17)4-10)9-3-8(13)7(12)2-6(9)11/h2-3H,4,13H2,1H3. The third kappa shape index (κ3) is 2.85. The summed E-state index contributed by atoms with van der Waals surface area (Å²) in [4.78, 5) is 11.4. The van der Waals surface area contributed by atoms with Crippen molar-refractivity contribution in [3.05, 3.63) is 23.0 Å². The van der Waals surface area contributed by atoms with E-state index in [9.17, 15) is 17.6 Å². The maximum Gasteiger partial charge on any atom is 0.255 e. The molecular weight excluding hydrogens is 306 g/mol. The van der Waals surface area contributed by atoms with Crippen molar-refractivity contribution >= 4 is 50.5 Å². The van der Waals surface area contributed by atoms with Crippen LogP contribution in [-0.2, 0) is 14.8 Å². The Hall–Kier alpha value is -1.05. The normalized spacial score (nSPS) is 11.3. The third-order valence-electron chi connectivity index (χ3n) is 1.99. The van der Waals surface area contributed by atoms with Crippen molar-refractivity contribution in [2.75, 3.05) is 15.3 Å². The van der Waals surface area contributed by atoms with Gasteiger partial charge in [-0.15, -0.1) is 11.6 Å².